The van der Waals surface area contributed by atoms with Gasteiger partial charge in [0.2, 0.25) is 0 Å². The molecule has 2 aromatic carbocycles. The molecule has 3 aromatic rings. The summed E-state index contributed by atoms with van der Waals surface area (Å²) in [5.41, 5.74) is 2.74. The van der Waals surface area contributed by atoms with Crippen molar-refractivity contribution in [1.82, 2.24) is 4.98 Å². The van der Waals surface area contributed by atoms with Crippen LogP contribution in [0.2, 0.25) is 0 Å². The second kappa shape index (κ2) is 7.51. The van der Waals surface area contributed by atoms with Gasteiger partial charge in [-0.3, -0.25) is 0 Å². The van der Waals surface area contributed by atoms with Gasteiger partial charge in [-0.25, -0.2) is 9.37 Å². The normalized spacial score (nSPS) is 10.1. The Bertz CT molecular complexity index is 969. The molecular weight excluding hydrogens is 337 g/mol. The van der Waals surface area contributed by atoms with E-state index in [0.29, 0.717) is 16.9 Å². The van der Waals surface area contributed by atoms with Crippen molar-refractivity contribution in [2.45, 2.75) is 0 Å². The highest BCUT2D eigenvalue weighted by Gasteiger charge is 2.18. The molecule has 1 heterocycles. The van der Waals surface area contributed by atoms with E-state index in [1.165, 1.54) is 31.5 Å². The van der Waals surface area contributed by atoms with Crippen LogP contribution >= 0.6 is 0 Å². The van der Waals surface area contributed by atoms with Crippen LogP contribution in [-0.4, -0.2) is 12.1 Å². The third kappa shape index (κ3) is 3.41. The van der Waals surface area contributed by atoms with E-state index < -0.39 is 5.82 Å². The highest BCUT2D eigenvalue weighted by atomic mass is 19.1. The second-order valence-electron chi connectivity index (χ2n) is 5.23. The topological polar surface area (TPSA) is 90.2 Å². The van der Waals surface area contributed by atoms with Crippen molar-refractivity contribution in [1.29, 1.82) is 5.26 Å². The molecule has 0 aliphatic rings. The number of hydrogen-bond donors (Lipinski definition) is 1. The Morgan fingerprint density at radius 2 is 1.96 bits per heavy atom. The van der Waals surface area contributed by atoms with Crippen LogP contribution in [0, 0.1) is 22.4 Å². The van der Waals surface area contributed by atoms with Gasteiger partial charge in [0.05, 0.1) is 30.5 Å². The fourth-order valence-electron chi connectivity index (χ4n) is 2.43. The number of hydrogen-bond acceptors (Lipinski definition) is 6. The van der Waals surface area contributed by atoms with Crippen molar-refractivity contribution in [3.8, 4) is 34.4 Å². The molecule has 7 heteroatoms. The number of nitrogens with zero attached hydrogens (tertiary/aromatic N) is 2. The first-order valence-corrected chi connectivity index (χ1v) is 7.55. The van der Waals surface area contributed by atoms with E-state index in [9.17, 15) is 5.21 Å². The smallest absolute Gasteiger partial charge is 0.177 e. The average molecular weight is 350 g/mol. The highest BCUT2D eigenvalue weighted by molar-refractivity contribution is 5.74. The first kappa shape index (κ1) is 17.2. The minimum Gasteiger partial charge on any atom is -0.760 e. The maximum atomic E-state index is 15.1. The predicted octanol–water partition coefficient (Wildman–Crippen LogP) is 4.47. The largest absolute Gasteiger partial charge is 0.760 e. The van der Waals surface area contributed by atoms with Gasteiger partial charge in [-0.1, -0.05) is 12.1 Å². The summed E-state index contributed by atoms with van der Waals surface area (Å²) in [6.45, 7) is 0. The van der Waals surface area contributed by atoms with E-state index in [2.05, 4.69) is 4.98 Å². The minimum absolute atomic E-state index is 0.0345. The molecule has 0 amide bonds. The van der Waals surface area contributed by atoms with Crippen molar-refractivity contribution >= 4 is 5.82 Å². The van der Waals surface area contributed by atoms with Gasteiger partial charge in [-0.15, -0.1) is 0 Å². The van der Waals surface area contributed by atoms with Crippen LogP contribution in [0.5, 0.6) is 17.2 Å². The summed E-state index contributed by atoms with van der Waals surface area (Å²) in [5.74, 6) is 0.0404. The standard InChI is InChI=1S/C19H13FN3O3/c1-25-15-6-7-16(26-14-5-8-17(23-24)22-11-14)19(20)18(15)13-4-2-3-12(9-13)10-21/h2-9,11H,1H3,(H-,22,23,24)/q-1. The van der Waals surface area contributed by atoms with Crippen LogP contribution in [0.15, 0.2) is 54.7 Å². The minimum atomic E-state index is -0.634. The maximum absolute atomic E-state index is 15.1. The number of rotatable bonds is 5. The monoisotopic (exact) mass is 350 g/mol. The van der Waals surface area contributed by atoms with E-state index in [1.807, 2.05) is 6.07 Å². The number of nitriles is 1. The van der Waals surface area contributed by atoms with E-state index in [0.717, 1.165) is 0 Å². The summed E-state index contributed by atoms with van der Waals surface area (Å²) in [4.78, 5) is 3.83. The molecule has 0 saturated heterocycles. The molecule has 0 spiro atoms. The summed E-state index contributed by atoms with van der Waals surface area (Å²) in [6, 6.07) is 14.5. The van der Waals surface area contributed by atoms with E-state index in [4.69, 9.17) is 14.7 Å². The first-order valence-electron chi connectivity index (χ1n) is 7.55. The third-order valence-electron chi connectivity index (χ3n) is 3.64. The molecule has 0 aliphatic heterocycles. The Morgan fingerprint density at radius 3 is 2.62 bits per heavy atom. The van der Waals surface area contributed by atoms with Crippen molar-refractivity contribution in [2.24, 2.45) is 0 Å². The Kier molecular flexibility index (Phi) is 4.97. The van der Waals surface area contributed by atoms with E-state index in [1.54, 1.807) is 35.8 Å². The lowest BCUT2D eigenvalue weighted by Gasteiger charge is -2.14. The predicted molar refractivity (Wildman–Crippen MR) is 94.4 cm³/mol. The fourth-order valence-corrected chi connectivity index (χ4v) is 2.43. The molecule has 26 heavy (non-hydrogen) atoms. The van der Waals surface area contributed by atoms with E-state index >= 15 is 4.39 Å². The van der Waals surface area contributed by atoms with Crippen molar-refractivity contribution in [3.63, 3.8) is 0 Å². The van der Waals surface area contributed by atoms with Crippen molar-refractivity contribution < 1.29 is 13.9 Å². The Balaban J connectivity index is 2.04. The quantitative estimate of drug-likeness (QED) is 0.683. The van der Waals surface area contributed by atoms with Crippen molar-refractivity contribution in [3.05, 3.63) is 71.3 Å². The molecule has 0 saturated carbocycles. The lowest BCUT2D eigenvalue weighted by atomic mass is 10.0. The molecule has 0 bridgehead atoms. The lowest BCUT2D eigenvalue weighted by molar-refractivity contribution is 0.404. The number of anilines is 1. The van der Waals surface area contributed by atoms with Crippen LogP contribution < -0.4 is 15.0 Å². The molecule has 0 unspecified atom stereocenters. The van der Waals surface area contributed by atoms with Gasteiger partial charge in [0.25, 0.3) is 0 Å². The number of benzene rings is 2. The summed E-state index contributed by atoms with van der Waals surface area (Å²) in [7, 11) is 1.44. The summed E-state index contributed by atoms with van der Waals surface area (Å²) >= 11 is 0. The Labute approximate surface area is 149 Å². The van der Waals surface area contributed by atoms with Crippen LogP contribution in [0.3, 0.4) is 0 Å². The Hall–Kier alpha value is -3.63. The van der Waals surface area contributed by atoms with Crippen molar-refractivity contribution in [2.75, 3.05) is 12.6 Å². The number of halogens is 1. The number of nitrogens with one attached hydrogen (secondary N) is 1. The van der Waals surface area contributed by atoms with Gasteiger partial charge >= 0.3 is 0 Å². The number of pyridine rings is 1. The van der Waals surface area contributed by atoms with E-state index in [-0.39, 0.29) is 22.9 Å². The lowest BCUT2D eigenvalue weighted by Crippen LogP contribution is -1.97. The zero-order valence-corrected chi connectivity index (χ0v) is 13.7. The van der Waals surface area contributed by atoms with Gasteiger partial charge in [-0.2, -0.15) is 5.26 Å². The van der Waals surface area contributed by atoms with Crippen LogP contribution in [0.1, 0.15) is 5.56 Å². The first-order chi connectivity index (χ1) is 12.7. The molecule has 1 aromatic heterocycles. The van der Waals surface area contributed by atoms with Gasteiger partial charge in [0.1, 0.15) is 17.3 Å². The molecule has 6 nitrogen and oxygen atoms in total. The number of aromatic nitrogens is 1. The molecule has 1 N–H and O–H groups in total. The molecular formula is C19H13FN3O3-. The SMILES string of the molecule is COc1ccc(Oc2ccc(N[O-])nc2)c(F)c1-c1cccc(C#N)c1. The van der Waals surface area contributed by atoms with Gasteiger partial charge < -0.3 is 20.2 Å². The van der Waals surface area contributed by atoms with Gasteiger partial charge in [0, 0.05) is 0 Å². The molecule has 0 aliphatic carbocycles. The molecule has 0 atom stereocenters. The maximum Gasteiger partial charge on any atom is 0.177 e. The summed E-state index contributed by atoms with van der Waals surface area (Å²) in [6.07, 6.45) is 1.31. The fraction of sp³-hybridized carbons (Fsp3) is 0.0526. The molecule has 130 valence electrons. The second-order valence-corrected chi connectivity index (χ2v) is 5.23. The zero-order valence-electron chi connectivity index (χ0n) is 13.7. The number of ether oxygens (including phenoxy) is 2. The Morgan fingerprint density at radius 1 is 1.15 bits per heavy atom. The van der Waals surface area contributed by atoms with Crippen LogP contribution in [-0.2, 0) is 0 Å². The van der Waals surface area contributed by atoms with Crippen LogP contribution in [0.25, 0.3) is 11.1 Å². The average Bonchev–Trinajstić information content (AvgIpc) is 2.69. The third-order valence-corrected chi connectivity index (χ3v) is 3.64. The zero-order chi connectivity index (χ0) is 18.5. The summed E-state index contributed by atoms with van der Waals surface area (Å²) in [5, 5.41) is 19.6. The molecule has 0 radical (unpaired) electrons. The highest BCUT2D eigenvalue weighted by Crippen LogP contribution is 2.39. The van der Waals surface area contributed by atoms with Gasteiger partial charge in [-0.05, 0) is 42.0 Å². The van der Waals surface area contributed by atoms with Crippen LogP contribution in [0.4, 0.5) is 10.2 Å². The van der Waals surface area contributed by atoms with Gasteiger partial charge in [0.15, 0.2) is 11.6 Å². The number of methoxy groups -OCH3 is 1. The summed E-state index contributed by atoms with van der Waals surface area (Å²) < 4.78 is 25.9. The molecule has 0 fully saturated rings. The molecule has 3 rings (SSSR count).